The number of anilines is 1. The highest BCUT2D eigenvalue weighted by Gasteiger charge is 2.30. The van der Waals surface area contributed by atoms with E-state index >= 15 is 0 Å². The van der Waals surface area contributed by atoms with E-state index in [1.807, 2.05) is 0 Å². The number of esters is 1. The van der Waals surface area contributed by atoms with Crippen LogP contribution in [0.4, 0.5) is 10.1 Å². The molecule has 34 heavy (non-hydrogen) atoms. The van der Waals surface area contributed by atoms with E-state index < -0.39 is 33.8 Å². The Balaban J connectivity index is 1.53. The van der Waals surface area contributed by atoms with Crippen LogP contribution in [0.15, 0.2) is 71.8 Å². The van der Waals surface area contributed by atoms with Crippen molar-refractivity contribution in [3.63, 3.8) is 0 Å². The molecule has 9 nitrogen and oxygen atoms in total. The van der Waals surface area contributed by atoms with Crippen LogP contribution in [0.1, 0.15) is 22.2 Å². The van der Waals surface area contributed by atoms with E-state index in [1.165, 1.54) is 40.8 Å². The summed E-state index contributed by atoms with van der Waals surface area (Å²) in [6, 6.07) is 14.7. The van der Waals surface area contributed by atoms with E-state index in [2.05, 4.69) is 10.3 Å². The van der Waals surface area contributed by atoms with E-state index in [0.717, 1.165) is 0 Å². The average molecular weight is 488 g/mol. The molecule has 1 atom stereocenters. The van der Waals surface area contributed by atoms with Crippen LogP contribution in [0.3, 0.4) is 0 Å². The Bertz CT molecular complexity index is 1260. The van der Waals surface area contributed by atoms with Gasteiger partial charge in [-0.25, -0.2) is 17.6 Å². The summed E-state index contributed by atoms with van der Waals surface area (Å²) in [7, 11) is -3.81. The minimum Gasteiger partial charge on any atom is -0.443 e. The summed E-state index contributed by atoms with van der Waals surface area (Å²) in [4.78, 5) is 28.3. The molecule has 0 radical (unpaired) electrons. The first-order valence-electron chi connectivity index (χ1n) is 10.4. The summed E-state index contributed by atoms with van der Waals surface area (Å²) in [5, 5.41) is 2.59. The molecule has 1 fully saturated rings. The minimum absolute atomic E-state index is 0.0895. The molecular weight excluding hydrogens is 465 g/mol. The van der Waals surface area contributed by atoms with Crippen molar-refractivity contribution in [3.8, 4) is 0 Å². The quantitative estimate of drug-likeness (QED) is 0.495. The maximum Gasteiger partial charge on any atom is 0.355 e. The summed E-state index contributed by atoms with van der Waals surface area (Å²) >= 11 is 0. The van der Waals surface area contributed by atoms with Gasteiger partial charge in [-0.3, -0.25) is 4.79 Å². The fourth-order valence-electron chi connectivity index (χ4n) is 3.39. The lowest BCUT2D eigenvalue weighted by Crippen LogP contribution is -2.40. The Morgan fingerprint density at radius 3 is 2.41 bits per heavy atom. The van der Waals surface area contributed by atoms with Crippen LogP contribution in [-0.4, -0.2) is 55.9 Å². The monoisotopic (exact) mass is 487 g/mol. The first-order chi connectivity index (χ1) is 16.3. The Labute approximate surface area is 195 Å². The van der Waals surface area contributed by atoms with Gasteiger partial charge in [0.1, 0.15) is 16.4 Å². The Hall–Kier alpha value is -3.54. The van der Waals surface area contributed by atoms with Crippen molar-refractivity contribution >= 4 is 27.6 Å². The second-order valence-corrected chi connectivity index (χ2v) is 9.40. The first kappa shape index (κ1) is 23.6. The van der Waals surface area contributed by atoms with E-state index in [9.17, 15) is 22.4 Å². The van der Waals surface area contributed by atoms with Crippen molar-refractivity contribution in [1.29, 1.82) is 0 Å². The number of hydrogen-bond acceptors (Lipinski definition) is 6. The van der Waals surface area contributed by atoms with Gasteiger partial charge >= 0.3 is 5.97 Å². The molecule has 3 aromatic rings. The van der Waals surface area contributed by atoms with Gasteiger partial charge in [-0.05, 0) is 30.3 Å². The van der Waals surface area contributed by atoms with E-state index in [1.54, 1.807) is 30.3 Å². The molecule has 0 aliphatic carbocycles. The van der Waals surface area contributed by atoms with Crippen LogP contribution in [-0.2, 0) is 24.3 Å². The van der Waals surface area contributed by atoms with Crippen LogP contribution < -0.4 is 5.32 Å². The van der Waals surface area contributed by atoms with Crippen molar-refractivity contribution in [2.24, 2.45) is 0 Å². The second-order valence-electron chi connectivity index (χ2n) is 7.46. The number of morpholine rings is 1. The van der Waals surface area contributed by atoms with Gasteiger partial charge in [-0.2, -0.15) is 4.31 Å². The number of carbonyl (C=O) groups is 2. The predicted molar refractivity (Wildman–Crippen MR) is 120 cm³/mol. The second kappa shape index (κ2) is 10.2. The Morgan fingerprint density at radius 1 is 1.06 bits per heavy atom. The molecule has 1 saturated heterocycles. The molecule has 1 aliphatic heterocycles. The third-order valence-corrected chi connectivity index (χ3v) is 7.04. The molecule has 178 valence electrons. The largest absolute Gasteiger partial charge is 0.443 e. The average Bonchev–Trinajstić information content (AvgIpc) is 3.36. The van der Waals surface area contributed by atoms with Crippen LogP contribution >= 0.6 is 0 Å². The van der Waals surface area contributed by atoms with Crippen molar-refractivity contribution in [3.05, 3.63) is 83.9 Å². The minimum atomic E-state index is -3.81. The highest BCUT2D eigenvalue weighted by molar-refractivity contribution is 7.89. The van der Waals surface area contributed by atoms with Crippen molar-refractivity contribution in [2.75, 3.05) is 31.6 Å². The molecule has 2 N–H and O–H groups in total. The lowest BCUT2D eigenvalue weighted by atomic mass is 10.1. The number of amides is 1. The molecule has 1 unspecified atom stereocenters. The highest BCUT2D eigenvalue weighted by atomic mass is 32.2. The summed E-state index contributed by atoms with van der Waals surface area (Å²) in [5.74, 6) is -2.02. The zero-order chi connectivity index (χ0) is 24.1. The molecule has 1 aromatic heterocycles. The lowest BCUT2D eigenvalue weighted by molar-refractivity contribution is -0.125. The lowest BCUT2D eigenvalue weighted by Gasteiger charge is -2.25. The van der Waals surface area contributed by atoms with Crippen LogP contribution in [0.5, 0.6) is 0 Å². The topological polar surface area (TPSA) is 118 Å². The van der Waals surface area contributed by atoms with Crippen LogP contribution in [0.25, 0.3) is 0 Å². The molecule has 11 heteroatoms. The number of benzene rings is 2. The van der Waals surface area contributed by atoms with Crippen LogP contribution in [0, 0.1) is 5.82 Å². The number of nitrogens with one attached hydrogen (secondary N) is 2. The number of carbonyl (C=O) groups excluding carboxylic acids is 2. The summed E-state index contributed by atoms with van der Waals surface area (Å²) in [6.45, 7) is 1.01. The molecule has 2 aromatic carbocycles. The molecule has 0 spiro atoms. The molecule has 0 saturated carbocycles. The number of sulfonamides is 1. The van der Waals surface area contributed by atoms with Gasteiger partial charge < -0.3 is 19.8 Å². The number of aromatic nitrogens is 1. The van der Waals surface area contributed by atoms with Crippen molar-refractivity contribution in [1.82, 2.24) is 9.29 Å². The number of H-pyrrole nitrogens is 1. The summed E-state index contributed by atoms with van der Waals surface area (Å²) in [6.07, 6.45) is -0.126. The fraction of sp³-hybridized carbons (Fsp3) is 0.217. The van der Waals surface area contributed by atoms with Gasteiger partial charge in [0, 0.05) is 30.5 Å². The van der Waals surface area contributed by atoms with Gasteiger partial charge in [-0.1, -0.05) is 30.3 Å². The first-order valence-corrected chi connectivity index (χ1v) is 11.9. The third-order valence-electron chi connectivity index (χ3n) is 5.16. The zero-order valence-electron chi connectivity index (χ0n) is 17.9. The maximum atomic E-state index is 13.2. The van der Waals surface area contributed by atoms with Gasteiger partial charge in [0.05, 0.1) is 13.2 Å². The number of hydrogen-bond donors (Lipinski definition) is 2. The zero-order valence-corrected chi connectivity index (χ0v) is 18.8. The summed E-state index contributed by atoms with van der Waals surface area (Å²) < 4.78 is 50.7. The standard InChI is InChI=1S/C23H22FN3O6S/c24-17-6-8-18(9-7-17)26-22(28)21(16-4-2-1-3-5-16)33-23(29)20-14-19(15-25-20)34(30,31)27-10-12-32-13-11-27/h1-9,14-15,21,25H,10-13H2,(H,26,28). The highest BCUT2D eigenvalue weighted by Crippen LogP contribution is 2.23. The SMILES string of the molecule is O=C(OC(C(=O)Nc1ccc(F)cc1)c1ccccc1)c1cc(S(=O)(=O)N2CCOCC2)c[nH]1. The summed E-state index contributed by atoms with van der Waals surface area (Å²) in [5.41, 5.74) is 0.604. The van der Waals surface area contributed by atoms with Gasteiger partial charge in [0.25, 0.3) is 5.91 Å². The van der Waals surface area contributed by atoms with Gasteiger partial charge in [0.2, 0.25) is 16.1 Å². The number of halogens is 1. The number of rotatable bonds is 7. The molecule has 1 amide bonds. The number of aromatic amines is 1. The molecular formula is C23H22FN3O6S. The van der Waals surface area contributed by atoms with E-state index in [4.69, 9.17) is 9.47 Å². The van der Waals surface area contributed by atoms with Crippen molar-refractivity contribution < 1.29 is 31.9 Å². The van der Waals surface area contributed by atoms with Crippen LogP contribution in [0.2, 0.25) is 0 Å². The number of nitrogens with zero attached hydrogens (tertiary/aromatic N) is 1. The van der Waals surface area contributed by atoms with Crippen molar-refractivity contribution in [2.45, 2.75) is 11.0 Å². The van der Waals surface area contributed by atoms with E-state index in [0.29, 0.717) is 24.5 Å². The van der Waals surface area contributed by atoms with Gasteiger partial charge in [0.15, 0.2) is 0 Å². The Kier molecular flexibility index (Phi) is 7.06. The fourth-order valence-corrected chi connectivity index (χ4v) is 4.79. The molecule has 0 bridgehead atoms. The predicted octanol–water partition coefficient (Wildman–Crippen LogP) is 2.71. The maximum absolute atomic E-state index is 13.2. The smallest absolute Gasteiger partial charge is 0.355 e. The van der Waals surface area contributed by atoms with Gasteiger partial charge in [-0.15, -0.1) is 0 Å². The number of ether oxygens (including phenoxy) is 2. The Morgan fingerprint density at radius 2 is 1.74 bits per heavy atom. The molecule has 2 heterocycles. The molecule has 4 rings (SSSR count). The normalized spacial score (nSPS) is 15.4. The van der Waals surface area contributed by atoms with E-state index in [-0.39, 0.29) is 23.7 Å². The molecule has 1 aliphatic rings. The third kappa shape index (κ3) is 5.33.